The molecule has 3 aromatic rings. The van der Waals surface area contributed by atoms with Crippen LogP contribution in [0.5, 0.6) is 11.6 Å². The van der Waals surface area contributed by atoms with Gasteiger partial charge in [0.15, 0.2) is 5.13 Å². The highest BCUT2D eigenvalue weighted by molar-refractivity contribution is 7.15. The summed E-state index contributed by atoms with van der Waals surface area (Å²) < 4.78 is 6.18. The lowest BCUT2D eigenvalue weighted by Crippen LogP contribution is -2.12. The molecule has 0 amide bonds. The Hall–Kier alpha value is -2.40. The van der Waals surface area contributed by atoms with Crippen LogP contribution in [-0.4, -0.2) is 9.97 Å². The van der Waals surface area contributed by atoms with E-state index in [0.717, 1.165) is 28.6 Å². The van der Waals surface area contributed by atoms with Crippen LogP contribution in [-0.2, 0) is 11.8 Å². The smallest absolute Gasteiger partial charge is 0.243 e. The lowest BCUT2D eigenvalue weighted by Gasteiger charge is -2.22. The number of aryl methyl sites for hydroxylation is 1. The predicted molar refractivity (Wildman–Crippen MR) is 104 cm³/mol. The minimum absolute atomic E-state index is 0.00962. The molecule has 0 aliphatic heterocycles. The lowest BCUT2D eigenvalue weighted by atomic mass is 9.86. The molecular formula is C20H23N3OS. The molecule has 3 rings (SSSR count). The van der Waals surface area contributed by atoms with Gasteiger partial charge in [-0.25, -0.2) is 9.97 Å². The quantitative estimate of drug-likeness (QED) is 0.617. The first-order valence-electron chi connectivity index (χ1n) is 8.41. The number of thiazole rings is 1. The molecule has 1 N–H and O–H groups in total. The van der Waals surface area contributed by atoms with Gasteiger partial charge in [0.2, 0.25) is 5.88 Å². The van der Waals surface area contributed by atoms with Crippen LogP contribution in [0.1, 0.15) is 38.1 Å². The van der Waals surface area contributed by atoms with Gasteiger partial charge in [0, 0.05) is 22.8 Å². The van der Waals surface area contributed by atoms with Crippen molar-refractivity contribution >= 4 is 22.2 Å². The highest BCUT2D eigenvalue weighted by Crippen LogP contribution is 2.36. The molecule has 4 nitrogen and oxygen atoms in total. The number of hydrogen-bond acceptors (Lipinski definition) is 5. The van der Waals surface area contributed by atoms with E-state index in [-0.39, 0.29) is 5.41 Å². The Morgan fingerprint density at radius 3 is 2.60 bits per heavy atom. The van der Waals surface area contributed by atoms with Crippen molar-refractivity contribution in [2.24, 2.45) is 0 Å². The second-order valence-corrected chi connectivity index (χ2v) is 7.93. The van der Waals surface area contributed by atoms with Crippen LogP contribution in [0.25, 0.3) is 0 Å². The normalized spacial score (nSPS) is 11.4. The zero-order valence-electron chi connectivity index (χ0n) is 15.0. The van der Waals surface area contributed by atoms with Crippen molar-refractivity contribution in [1.82, 2.24) is 9.97 Å². The standard InChI is InChI=1S/C20H23N3OS/c1-5-14-13-22-19(25-14)23-16-10-8-12-21-18(16)24-17-11-7-6-9-15(17)20(2,3)4/h6-13H,5H2,1-4H3,(H,22,23). The highest BCUT2D eigenvalue weighted by atomic mass is 32.1. The van der Waals surface area contributed by atoms with Gasteiger partial charge in [-0.3, -0.25) is 0 Å². The van der Waals surface area contributed by atoms with Crippen LogP contribution in [0.4, 0.5) is 10.8 Å². The van der Waals surface area contributed by atoms with Crippen LogP contribution in [0.15, 0.2) is 48.8 Å². The van der Waals surface area contributed by atoms with Crippen molar-refractivity contribution in [2.75, 3.05) is 5.32 Å². The first-order valence-corrected chi connectivity index (χ1v) is 9.23. The number of para-hydroxylation sites is 1. The van der Waals surface area contributed by atoms with Crippen molar-refractivity contribution in [1.29, 1.82) is 0 Å². The average Bonchev–Trinajstić information content (AvgIpc) is 3.04. The summed E-state index contributed by atoms with van der Waals surface area (Å²) >= 11 is 1.64. The van der Waals surface area contributed by atoms with Crippen molar-refractivity contribution < 1.29 is 4.74 Å². The summed E-state index contributed by atoms with van der Waals surface area (Å²) in [7, 11) is 0. The fraction of sp³-hybridized carbons (Fsp3) is 0.300. The molecule has 2 aromatic heterocycles. The Labute approximate surface area is 152 Å². The molecule has 0 fully saturated rings. The van der Waals surface area contributed by atoms with Crippen LogP contribution >= 0.6 is 11.3 Å². The third-order valence-corrected chi connectivity index (χ3v) is 4.87. The SMILES string of the molecule is CCc1cnc(Nc2cccnc2Oc2ccccc2C(C)(C)C)s1. The van der Waals surface area contributed by atoms with Crippen molar-refractivity contribution in [3.8, 4) is 11.6 Å². The van der Waals surface area contributed by atoms with E-state index in [1.807, 2.05) is 36.5 Å². The molecule has 130 valence electrons. The third-order valence-electron chi connectivity index (χ3n) is 3.82. The monoisotopic (exact) mass is 353 g/mol. The molecule has 0 bridgehead atoms. The number of anilines is 2. The van der Waals surface area contributed by atoms with E-state index in [4.69, 9.17) is 4.74 Å². The Morgan fingerprint density at radius 2 is 1.88 bits per heavy atom. The third kappa shape index (κ3) is 4.17. The summed E-state index contributed by atoms with van der Waals surface area (Å²) in [5.74, 6) is 1.37. The summed E-state index contributed by atoms with van der Waals surface area (Å²) in [5, 5.41) is 4.17. The van der Waals surface area contributed by atoms with Crippen LogP contribution in [0.3, 0.4) is 0 Å². The first-order chi connectivity index (χ1) is 12.0. The number of pyridine rings is 1. The second kappa shape index (κ2) is 7.23. The van der Waals surface area contributed by atoms with Gasteiger partial charge in [0.1, 0.15) is 11.4 Å². The summed E-state index contributed by atoms with van der Waals surface area (Å²) in [6.45, 7) is 8.65. The molecule has 0 spiro atoms. The minimum atomic E-state index is -0.00962. The Balaban J connectivity index is 1.89. The number of nitrogens with zero attached hydrogens (tertiary/aromatic N) is 2. The Bertz CT molecular complexity index is 852. The van der Waals surface area contributed by atoms with Crippen LogP contribution in [0, 0.1) is 0 Å². The van der Waals surface area contributed by atoms with Crippen LogP contribution in [0.2, 0.25) is 0 Å². The van der Waals surface area contributed by atoms with Crippen molar-refractivity contribution in [3.63, 3.8) is 0 Å². The van der Waals surface area contributed by atoms with E-state index in [2.05, 4.69) is 49.0 Å². The number of hydrogen-bond donors (Lipinski definition) is 1. The van der Waals surface area contributed by atoms with Gasteiger partial charge in [0.05, 0.1) is 0 Å². The number of benzene rings is 1. The van der Waals surface area contributed by atoms with Gasteiger partial charge in [-0.05, 0) is 30.0 Å². The van der Waals surface area contributed by atoms with E-state index in [1.54, 1.807) is 17.5 Å². The van der Waals surface area contributed by atoms with Gasteiger partial charge < -0.3 is 10.1 Å². The number of ether oxygens (including phenoxy) is 1. The van der Waals surface area contributed by atoms with Crippen molar-refractivity contribution in [3.05, 3.63) is 59.2 Å². The summed E-state index contributed by atoms with van der Waals surface area (Å²) in [6, 6.07) is 11.9. The van der Waals surface area contributed by atoms with E-state index in [0.29, 0.717) is 5.88 Å². The molecule has 0 saturated heterocycles. The molecule has 0 radical (unpaired) electrons. The zero-order chi connectivity index (χ0) is 17.9. The van der Waals surface area contributed by atoms with Gasteiger partial charge in [-0.15, -0.1) is 11.3 Å². The van der Waals surface area contributed by atoms with E-state index < -0.39 is 0 Å². The summed E-state index contributed by atoms with van der Waals surface area (Å²) in [4.78, 5) is 10.1. The van der Waals surface area contributed by atoms with Gasteiger partial charge in [-0.2, -0.15) is 0 Å². The molecular weight excluding hydrogens is 330 g/mol. The van der Waals surface area contributed by atoms with E-state index in [9.17, 15) is 0 Å². The van der Waals surface area contributed by atoms with Gasteiger partial charge in [-0.1, -0.05) is 45.9 Å². The van der Waals surface area contributed by atoms with Gasteiger partial charge in [0.25, 0.3) is 0 Å². The fourth-order valence-electron chi connectivity index (χ4n) is 2.49. The maximum absolute atomic E-state index is 6.18. The average molecular weight is 353 g/mol. The maximum Gasteiger partial charge on any atom is 0.243 e. The fourth-order valence-corrected chi connectivity index (χ4v) is 3.26. The topological polar surface area (TPSA) is 47.0 Å². The number of aromatic nitrogens is 2. The molecule has 0 unspecified atom stereocenters. The molecule has 25 heavy (non-hydrogen) atoms. The molecule has 2 heterocycles. The second-order valence-electron chi connectivity index (χ2n) is 6.81. The molecule has 0 aliphatic carbocycles. The molecule has 0 aliphatic rings. The molecule has 0 atom stereocenters. The van der Waals surface area contributed by atoms with E-state index in [1.165, 1.54) is 4.88 Å². The number of nitrogens with one attached hydrogen (secondary N) is 1. The largest absolute Gasteiger partial charge is 0.437 e. The summed E-state index contributed by atoms with van der Waals surface area (Å²) in [6.07, 6.45) is 4.62. The first kappa shape index (κ1) is 17.4. The Morgan fingerprint density at radius 1 is 1.08 bits per heavy atom. The molecule has 0 saturated carbocycles. The number of rotatable bonds is 5. The Kier molecular flexibility index (Phi) is 5.04. The molecule has 1 aromatic carbocycles. The van der Waals surface area contributed by atoms with Crippen LogP contribution < -0.4 is 10.1 Å². The maximum atomic E-state index is 6.18. The minimum Gasteiger partial charge on any atom is -0.437 e. The van der Waals surface area contributed by atoms with Gasteiger partial charge >= 0.3 is 0 Å². The summed E-state index contributed by atoms with van der Waals surface area (Å²) in [5.41, 5.74) is 1.95. The predicted octanol–water partition coefficient (Wildman–Crippen LogP) is 5.93. The van der Waals surface area contributed by atoms with E-state index >= 15 is 0 Å². The van der Waals surface area contributed by atoms with Crippen molar-refractivity contribution in [2.45, 2.75) is 39.5 Å². The molecule has 5 heteroatoms. The lowest BCUT2D eigenvalue weighted by molar-refractivity contribution is 0.442. The highest BCUT2D eigenvalue weighted by Gasteiger charge is 2.20. The zero-order valence-corrected chi connectivity index (χ0v) is 15.9.